The van der Waals surface area contributed by atoms with Crippen molar-refractivity contribution < 1.29 is 0 Å². The molecule has 0 unspecified atom stereocenters. The van der Waals surface area contributed by atoms with Crippen molar-refractivity contribution in [3.05, 3.63) is 12.2 Å². The number of nitrogens with one attached hydrogen (secondary N) is 1. The van der Waals surface area contributed by atoms with Crippen LogP contribution in [0.15, 0.2) is 6.33 Å². The summed E-state index contributed by atoms with van der Waals surface area (Å²) in [7, 11) is 1.96. The SMILES string of the molecule is CCNCC1CCN(Cc2ncnn2C)CC1.Cl.Cl. The zero-order chi connectivity index (χ0) is 12.1. The third-order valence-corrected chi connectivity index (χ3v) is 3.56. The van der Waals surface area contributed by atoms with Gasteiger partial charge in [0.1, 0.15) is 12.2 Å². The van der Waals surface area contributed by atoms with E-state index in [0.29, 0.717) is 0 Å². The zero-order valence-corrected chi connectivity index (χ0v) is 13.3. The largest absolute Gasteiger partial charge is 0.317 e. The topological polar surface area (TPSA) is 46.0 Å². The van der Waals surface area contributed by atoms with Crippen LogP contribution in [-0.2, 0) is 13.6 Å². The molecular weight excluding hydrogens is 285 g/mol. The van der Waals surface area contributed by atoms with Crippen molar-refractivity contribution >= 4 is 24.8 Å². The fraction of sp³-hybridized carbons (Fsp3) is 0.833. The molecule has 112 valence electrons. The van der Waals surface area contributed by atoms with Gasteiger partial charge in [-0.05, 0) is 44.9 Å². The number of aromatic nitrogens is 3. The summed E-state index contributed by atoms with van der Waals surface area (Å²) in [6, 6.07) is 0. The molecule has 2 rings (SSSR count). The van der Waals surface area contributed by atoms with Gasteiger partial charge in [0, 0.05) is 7.05 Å². The maximum absolute atomic E-state index is 4.28. The minimum absolute atomic E-state index is 0. The molecule has 0 radical (unpaired) electrons. The van der Waals surface area contributed by atoms with Crippen LogP contribution in [0.4, 0.5) is 0 Å². The molecule has 1 aliphatic rings. The number of hydrogen-bond donors (Lipinski definition) is 1. The predicted octanol–water partition coefficient (Wildman–Crippen LogP) is 1.48. The third kappa shape index (κ3) is 5.65. The zero-order valence-electron chi connectivity index (χ0n) is 11.7. The molecule has 0 aliphatic carbocycles. The lowest BCUT2D eigenvalue weighted by molar-refractivity contribution is 0.170. The smallest absolute Gasteiger partial charge is 0.140 e. The quantitative estimate of drug-likeness (QED) is 0.895. The number of hydrogen-bond acceptors (Lipinski definition) is 4. The van der Waals surface area contributed by atoms with E-state index in [1.807, 2.05) is 11.7 Å². The van der Waals surface area contributed by atoms with Crippen LogP contribution < -0.4 is 5.32 Å². The highest BCUT2D eigenvalue weighted by molar-refractivity contribution is 5.85. The van der Waals surface area contributed by atoms with Crippen LogP contribution in [0.25, 0.3) is 0 Å². The highest BCUT2D eigenvalue weighted by Gasteiger charge is 2.19. The lowest BCUT2D eigenvalue weighted by Crippen LogP contribution is -2.37. The Bertz CT molecular complexity index is 337. The lowest BCUT2D eigenvalue weighted by Gasteiger charge is -2.31. The fourth-order valence-electron chi connectivity index (χ4n) is 2.36. The molecule has 0 bridgehead atoms. The minimum atomic E-state index is 0. The van der Waals surface area contributed by atoms with Crippen LogP contribution in [0.5, 0.6) is 0 Å². The second-order valence-corrected chi connectivity index (χ2v) is 4.83. The standard InChI is InChI=1S/C12H23N5.2ClH/c1-3-13-8-11-4-6-17(7-5-11)9-12-14-10-15-16(12)2;;/h10-11,13H,3-9H2,1-2H3;2*1H. The van der Waals surface area contributed by atoms with Gasteiger partial charge in [0.05, 0.1) is 6.54 Å². The summed E-state index contributed by atoms with van der Waals surface area (Å²) in [6.45, 7) is 7.73. The summed E-state index contributed by atoms with van der Waals surface area (Å²) in [5, 5.41) is 7.55. The average Bonchev–Trinajstić information content (AvgIpc) is 2.74. The van der Waals surface area contributed by atoms with Crippen LogP contribution in [0, 0.1) is 5.92 Å². The first-order valence-corrected chi connectivity index (χ1v) is 6.55. The van der Waals surface area contributed by atoms with E-state index in [-0.39, 0.29) is 24.8 Å². The van der Waals surface area contributed by atoms with Gasteiger partial charge in [-0.2, -0.15) is 5.10 Å². The maximum atomic E-state index is 4.28. The molecule has 2 heterocycles. The van der Waals surface area contributed by atoms with E-state index in [1.165, 1.54) is 32.5 Å². The summed E-state index contributed by atoms with van der Waals surface area (Å²) < 4.78 is 1.87. The Morgan fingerprint density at radius 1 is 1.32 bits per heavy atom. The molecule has 0 spiro atoms. The number of rotatable bonds is 5. The van der Waals surface area contributed by atoms with Gasteiger partial charge in [-0.25, -0.2) is 4.98 Å². The highest BCUT2D eigenvalue weighted by atomic mass is 35.5. The van der Waals surface area contributed by atoms with Crippen LogP contribution in [0.2, 0.25) is 0 Å². The van der Waals surface area contributed by atoms with Gasteiger partial charge in [-0.1, -0.05) is 6.92 Å². The van der Waals surface area contributed by atoms with Crippen LogP contribution in [0.1, 0.15) is 25.6 Å². The molecule has 1 N–H and O–H groups in total. The monoisotopic (exact) mass is 309 g/mol. The van der Waals surface area contributed by atoms with Crippen molar-refractivity contribution in [2.75, 3.05) is 26.2 Å². The molecule has 7 heteroatoms. The van der Waals surface area contributed by atoms with Crippen molar-refractivity contribution in [3.63, 3.8) is 0 Å². The van der Waals surface area contributed by atoms with Gasteiger partial charge in [-0.3, -0.25) is 9.58 Å². The predicted molar refractivity (Wildman–Crippen MR) is 82.0 cm³/mol. The lowest BCUT2D eigenvalue weighted by atomic mass is 9.97. The van der Waals surface area contributed by atoms with Gasteiger partial charge < -0.3 is 5.32 Å². The number of nitrogens with zero attached hydrogens (tertiary/aromatic N) is 4. The molecular formula is C12H25Cl2N5. The van der Waals surface area contributed by atoms with E-state index in [9.17, 15) is 0 Å². The summed E-state index contributed by atoms with van der Waals surface area (Å²) >= 11 is 0. The molecule has 19 heavy (non-hydrogen) atoms. The van der Waals surface area contributed by atoms with Crippen molar-refractivity contribution in [2.24, 2.45) is 13.0 Å². The summed E-state index contributed by atoms with van der Waals surface area (Å²) in [6.07, 6.45) is 4.23. The van der Waals surface area contributed by atoms with E-state index in [1.54, 1.807) is 6.33 Å². The van der Waals surface area contributed by atoms with E-state index in [2.05, 4.69) is 27.2 Å². The van der Waals surface area contributed by atoms with Crippen LogP contribution >= 0.6 is 24.8 Å². The van der Waals surface area contributed by atoms with Crippen molar-refractivity contribution in [3.8, 4) is 0 Å². The van der Waals surface area contributed by atoms with Gasteiger partial charge in [0.2, 0.25) is 0 Å². The average molecular weight is 310 g/mol. The Kier molecular flexibility index (Phi) is 9.35. The molecule has 5 nitrogen and oxygen atoms in total. The number of piperidine rings is 1. The Morgan fingerprint density at radius 2 is 2.00 bits per heavy atom. The van der Waals surface area contributed by atoms with Crippen LogP contribution in [0.3, 0.4) is 0 Å². The Hall–Kier alpha value is -0.360. The Labute approximate surface area is 128 Å². The first-order valence-electron chi connectivity index (χ1n) is 6.55. The first-order chi connectivity index (χ1) is 8.29. The maximum Gasteiger partial charge on any atom is 0.140 e. The highest BCUT2D eigenvalue weighted by Crippen LogP contribution is 2.17. The Balaban J connectivity index is 0.00000162. The second kappa shape index (κ2) is 9.53. The third-order valence-electron chi connectivity index (χ3n) is 3.56. The van der Waals surface area contributed by atoms with Crippen molar-refractivity contribution in [1.29, 1.82) is 0 Å². The number of likely N-dealkylation sites (tertiary alicyclic amines) is 1. The van der Waals surface area contributed by atoms with Gasteiger partial charge in [0.25, 0.3) is 0 Å². The first kappa shape index (κ1) is 18.6. The molecule has 1 saturated heterocycles. The van der Waals surface area contributed by atoms with Crippen LogP contribution in [-0.4, -0.2) is 45.8 Å². The number of aryl methyl sites for hydroxylation is 1. The van der Waals surface area contributed by atoms with E-state index in [4.69, 9.17) is 0 Å². The van der Waals surface area contributed by atoms with Gasteiger partial charge in [0.15, 0.2) is 0 Å². The normalized spacial score (nSPS) is 16.7. The molecule has 1 aliphatic heterocycles. The molecule has 0 atom stereocenters. The van der Waals surface area contributed by atoms with Gasteiger partial charge >= 0.3 is 0 Å². The van der Waals surface area contributed by atoms with E-state index >= 15 is 0 Å². The minimum Gasteiger partial charge on any atom is -0.317 e. The number of halogens is 2. The molecule has 1 aromatic rings. The summed E-state index contributed by atoms with van der Waals surface area (Å²) in [5.74, 6) is 1.92. The molecule has 0 aromatic carbocycles. The summed E-state index contributed by atoms with van der Waals surface area (Å²) in [4.78, 5) is 6.75. The van der Waals surface area contributed by atoms with E-state index < -0.39 is 0 Å². The molecule has 1 fully saturated rings. The Morgan fingerprint density at radius 3 is 2.53 bits per heavy atom. The fourth-order valence-corrected chi connectivity index (χ4v) is 2.36. The van der Waals surface area contributed by atoms with E-state index in [0.717, 1.165) is 24.8 Å². The molecule has 0 saturated carbocycles. The molecule has 0 amide bonds. The second-order valence-electron chi connectivity index (χ2n) is 4.83. The molecule has 1 aromatic heterocycles. The van der Waals surface area contributed by atoms with Crippen molar-refractivity contribution in [1.82, 2.24) is 25.0 Å². The van der Waals surface area contributed by atoms with Gasteiger partial charge in [-0.15, -0.1) is 24.8 Å². The summed E-state index contributed by atoms with van der Waals surface area (Å²) in [5.41, 5.74) is 0. The van der Waals surface area contributed by atoms with Crippen molar-refractivity contribution in [2.45, 2.75) is 26.3 Å².